The lowest BCUT2D eigenvalue weighted by Crippen LogP contribution is -2.44. The van der Waals surface area contributed by atoms with Crippen LogP contribution in [0.4, 0.5) is 24.5 Å². The third-order valence-corrected chi connectivity index (χ3v) is 3.45. The Morgan fingerprint density at radius 1 is 1.33 bits per heavy atom. The van der Waals surface area contributed by atoms with Crippen LogP contribution in [0.3, 0.4) is 0 Å². The molecule has 6 heteroatoms. The summed E-state index contributed by atoms with van der Waals surface area (Å²) in [6.07, 6.45) is -2.83. The third kappa shape index (κ3) is 1.63. The molecule has 1 saturated heterocycles. The molecular formula is C12H11F3N2O. The van der Waals surface area contributed by atoms with E-state index in [2.05, 4.69) is 5.32 Å². The van der Waals surface area contributed by atoms with E-state index in [1.165, 1.54) is 6.07 Å². The molecule has 2 aliphatic heterocycles. The number of hydrogen-bond acceptors (Lipinski definition) is 2. The van der Waals surface area contributed by atoms with E-state index in [-0.39, 0.29) is 11.9 Å². The summed E-state index contributed by atoms with van der Waals surface area (Å²) in [5, 5.41) is 2.66. The largest absolute Gasteiger partial charge is 0.416 e. The highest BCUT2D eigenvalue weighted by Crippen LogP contribution is 2.40. The van der Waals surface area contributed by atoms with Gasteiger partial charge in [-0.25, -0.2) is 0 Å². The van der Waals surface area contributed by atoms with Crippen LogP contribution in [0.1, 0.15) is 18.4 Å². The molecule has 3 nitrogen and oxygen atoms in total. The molecule has 0 bridgehead atoms. The number of carbonyl (C=O) groups excluding carboxylic acids is 1. The summed E-state index contributed by atoms with van der Waals surface area (Å²) in [6.45, 7) is 0.631. The molecule has 1 fully saturated rings. The monoisotopic (exact) mass is 256 g/mol. The van der Waals surface area contributed by atoms with Gasteiger partial charge in [-0.3, -0.25) is 4.79 Å². The zero-order valence-corrected chi connectivity index (χ0v) is 9.42. The van der Waals surface area contributed by atoms with Gasteiger partial charge in [-0.15, -0.1) is 0 Å². The average molecular weight is 256 g/mol. The molecule has 0 saturated carbocycles. The molecule has 0 unspecified atom stereocenters. The van der Waals surface area contributed by atoms with Crippen molar-refractivity contribution in [1.29, 1.82) is 0 Å². The first kappa shape index (κ1) is 11.4. The number of halogens is 3. The number of carbonyl (C=O) groups is 1. The SMILES string of the molecule is O=C1Nc2ccc(C(F)(F)F)cc2N2CCC[C@H]12. The van der Waals surface area contributed by atoms with Crippen molar-refractivity contribution in [2.45, 2.75) is 25.1 Å². The zero-order valence-electron chi connectivity index (χ0n) is 9.42. The van der Waals surface area contributed by atoms with Crippen LogP contribution in [-0.4, -0.2) is 18.5 Å². The third-order valence-electron chi connectivity index (χ3n) is 3.45. The standard InChI is InChI=1S/C12H11F3N2O/c13-12(14,15)7-3-4-8-10(6-7)17-5-1-2-9(17)11(18)16-8/h3-4,6,9H,1-2,5H2,(H,16,18)/t9-/m1/s1. The molecule has 1 amide bonds. The summed E-state index contributed by atoms with van der Waals surface area (Å²) in [4.78, 5) is 13.5. The minimum Gasteiger partial charge on any atom is -0.358 e. The lowest BCUT2D eigenvalue weighted by Gasteiger charge is -2.33. The fourth-order valence-corrected chi connectivity index (χ4v) is 2.59. The van der Waals surface area contributed by atoms with Gasteiger partial charge in [-0.1, -0.05) is 0 Å². The molecule has 18 heavy (non-hydrogen) atoms. The van der Waals surface area contributed by atoms with Crippen molar-refractivity contribution < 1.29 is 18.0 Å². The summed E-state index contributed by atoms with van der Waals surface area (Å²) >= 11 is 0. The van der Waals surface area contributed by atoms with E-state index in [9.17, 15) is 18.0 Å². The topological polar surface area (TPSA) is 32.3 Å². The van der Waals surface area contributed by atoms with Gasteiger partial charge in [-0.2, -0.15) is 13.2 Å². The summed E-state index contributed by atoms with van der Waals surface area (Å²) in [6, 6.07) is 3.12. The van der Waals surface area contributed by atoms with Crippen molar-refractivity contribution in [3.63, 3.8) is 0 Å². The molecule has 0 aromatic heterocycles. The highest BCUT2D eigenvalue weighted by atomic mass is 19.4. The fraction of sp³-hybridized carbons (Fsp3) is 0.417. The van der Waals surface area contributed by atoms with Crippen molar-refractivity contribution >= 4 is 17.3 Å². The lowest BCUT2D eigenvalue weighted by molar-refractivity contribution is -0.137. The molecule has 1 atom stereocenters. The van der Waals surface area contributed by atoms with Crippen LogP contribution < -0.4 is 10.2 Å². The van der Waals surface area contributed by atoms with E-state index < -0.39 is 11.7 Å². The summed E-state index contributed by atoms with van der Waals surface area (Å²) in [5.41, 5.74) is 0.265. The first-order chi connectivity index (χ1) is 8.47. The number of fused-ring (bicyclic) bond motifs is 3. The number of alkyl halides is 3. The van der Waals surface area contributed by atoms with Gasteiger partial charge < -0.3 is 10.2 Å². The smallest absolute Gasteiger partial charge is 0.358 e. The van der Waals surface area contributed by atoms with Crippen LogP contribution in [-0.2, 0) is 11.0 Å². The van der Waals surface area contributed by atoms with E-state index >= 15 is 0 Å². The molecule has 96 valence electrons. The number of rotatable bonds is 0. The van der Waals surface area contributed by atoms with E-state index in [1.807, 2.05) is 0 Å². The summed E-state index contributed by atoms with van der Waals surface area (Å²) in [7, 11) is 0. The van der Waals surface area contributed by atoms with Crippen LogP contribution in [0.5, 0.6) is 0 Å². The molecule has 2 heterocycles. The van der Waals surface area contributed by atoms with Crippen LogP contribution in [0.2, 0.25) is 0 Å². The molecule has 0 radical (unpaired) electrons. The second-order valence-corrected chi connectivity index (χ2v) is 4.57. The predicted octanol–water partition coefficient (Wildman–Crippen LogP) is 2.63. The summed E-state index contributed by atoms with van der Waals surface area (Å²) in [5.74, 6) is -0.125. The molecule has 0 spiro atoms. The highest BCUT2D eigenvalue weighted by Gasteiger charge is 2.38. The Labute approximate surface area is 102 Å². The molecule has 1 aromatic rings. The molecule has 2 aliphatic rings. The quantitative estimate of drug-likeness (QED) is 0.774. The number of nitrogens with zero attached hydrogens (tertiary/aromatic N) is 1. The minimum atomic E-state index is -4.36. The van der Waals surface area contributed by atoms with Gasteiger partial charge in [0, 0.05) is 6.54 Å². The Morgan fingerprint density at radius 3 is 2.83 bits per heavy atom. The Kier molecular flexibility index (Phi) is 2.30. The number of nitrogens with one attached hydrogen (secondary N) is 1. The van der Waals surface area contributed by atoms with Crippen LogP contribution in [0.15, 0.2) is 18.2 Å². The van der Waals surface area contributed by atoms with Crippen LogP contribution in [0, 0.1) is 0 Å². The van der Waals surface area contributed by atoms with Gasteiger partial charge in [-0.05, 0) is 31.0 Å². The van der Waals surface area contributed by atoms with Gasteiger partial charge in [0.15, 0.2) is 0 Å². The maximum absolute atomic E-state index is 12.7. The van der Waals surface area contributed by atoms with E-state index in [4.69, 9.17) is 0 Å². The summed E-state index contributed by atoms with van der Waals surface area (Å²) < 4.78 is 38.0. The number of amides is 1. The maximum Gasteiger partial charge on any atom is 0.416 e. The molecular weight excluding hydrogens is 245 g/mol. The Bertz CT molecular complexity index is 513. The lowest BCUT2D eigenvalue weighted by atomic mass is 10.1. The van der Waals surface area contributed by atoms with Crippen LogP contribution in [0.25, 0.3) is 0 Å². The van der Waals surface area contributed by atoms with Gasteiger partial charge >= 0.3 is 6.18 Å². The predicted molar refractivity (Wildman–Crippen MR) is 60.4 cm³/mol. The Hall–Kier alpha value is -1.72. The van der Waals surface area contributed by atoms with E-state index in [0.717, 1.165) is 18.6 Å². The zero-order chi connectivity index (χ0) is 12.9. The van der Waals surface area contributed by atoms with Gasteiger partial charge in [0.1, 0.15) is 6.04 Å². The number of anilines is 2. The Morgan fingerprint density at radius 2 is 2.11 bits per heavy atom. The highest BCUT2D eigenvalue weighted by molar-refractivity contribution is 6.04. The van der Waals surface area contributed by atoms with Crippen molar-refractivity contribution in [1.82, 2.24) is 0 Å². The normalized spacial score (nSPS) is 22.5. The van der Waals surface area contributed by atoms with Crippen molar-refractivity contribution in [2.75, 3.05) is 16.8 Å². The molecule has 3 rings (SSSR count). The van der Waals surface area contributed by atoms with Gasteiger partial charge in [0.05, 0.1) is 16.9 Å². The Balaban J connectivity index is 2.08. The fourth-order valence-electron chi connectivity index (χ4n) is 2.59. The second kappa shape index (κ2) is 3.63. The van der Waals surface area contributed by atoms with Crippen molar-refractivity contribution in [3.8, 4) is 0 Å². The molecule has 1 N–H and O–H groups in total. The minimum absolute atomic E-state index is 0.125. The molecule has 1 aromatic carbocycles. The van der Waals surface area contributed by atoms with E-state index in [1.54, 1.807) is 4.90 Å². The average Bonchev–Trinajstić information content (AvgIpc) is 2.77. The van der Waals surface area contributed by atoms with Gasteiger partial charge in [0.2, 0.25) is 5.91 Å². The first-order valence-electron chi connectivity index (χ1n) is 5.75. The van der Waals surface area contributed by atoms with E-state index in [0.29, 0.717) is 24.3 Å². The van der Waals surface area contributed by atoms with Crippen molar-refractivity contribution in [3.05, 3.63) is 23.8 Å². The molecule has 0 aliphatic carbocycles. The number of benzene rings is 1. The van der Waals surface area contributed by atoms with Crippen molar-refractivity contribution in [2.24, 2.45) is 0 Å². The van der Waals surface area contributed by atoms with Crippen LogP contribution >= 0.6 is 0 Å². The first-order valence-corrected chi connectivity index (χ1v) is 5.75. The van der Waals surface area contributed by atoms with Gasteiger partial charge in [0.25, 0.3) is 0 Å². The number of hydrogen-bond donors (Lipinski definition) is 1. The second-order valence-electron chi connectivity index (χ2n) is 4.57. The maximum atomic E-state index is 12.7.